The lowest BCUT2D eigenvalue weighted by Crippen LogP contribution is -1.91. The summed E-state index contributed by atoms with van der Waals surface area (Å²) >= 11 is 0. The van der Waals surface area contributed by atoms with Gasteiger partial charge in [0.25, 0.3) is 5.69 Å². The normalized spacial score (nSPS) is 10.3. The van der Waals surface area contributed by atoms with Gasteiger partial charge >= 0.3 is 0 Å². The van der Waals surface area contributed by atoms with Crippen molar-refractivity contribution in [2.45, 2.75) is 13.3 Å². The van der Waals surface area contributed by atoms with Gasteiger partial charge in [0.15, 0.2) is 0 Å². The van der Waals surface area contributed by atoms with Crippen LogP contribution in [0.3, 0.4) is 0 Å². The van der Waals surface area contributed by atoms with Gasteiger partial charge in [-0.3, -0.25) is 10.1 Å². The molecule has 0 aromatic heterocycles. The van der Waals surface area contributed by atoms with Crippen molar-refractivity contribution in [3.63, 3.8) is 0 Å². The Bertz CT molecular complexity index is 529. The molecule has 3 heteroatoms. The minimum absolute atomic E-state index is 0.133. The Morgan fingerprint density at radius 1 is 1.06 bits per heavy atom. The van der Waals surface area contributed by atoms with Crippen LogP contribution in [0.25, 0.3) is 0 Å². The molecular formula is C15H14NO2. The average Bonchev–Trinajstić information content (AvgIpc) is 2.38. The molecule has 0 heterocycles. The van der Waals surface area contributed by atoms with Gasteiger partial charge < -0.3 is 0 Å². The maximum absolute atomic E-state index is 10.5. The van der Waals surface area contributed by atoms with Crippen molar-refractivity contribution < 1.29 is 4.92 Å². The van der Waals surface area contributed by atoms with Crippen LogP contribution < -0.4 is 0 Å². The van der Waals surface area contributed by atoms with E-state index in [4.69, 9.17) is 0 Å². The van der Waals surface area contributed by atoms with Gasteiger partial charge in [-0.25, -0.2) is 0 Å². The summed E-state index contributed by atoms with van der Waals surface area (Å²) in [7, 11) is 0. The van der Waals surface area contributed by atoms with Crippen LogP contribution in [0, 0.1) is 23.5 Å². The predicted molar refractivity (Wildman–Crippen MR) is 71.4 cm³/mol. The number of nitro benzene ring substituents is 1. The van der Waals surface area contributed by atoms with E-state index in [9.17, 15) is 10.1 Å². The molecule has 0 saturated carbocycles. The lowest BCUT2D eigenvalue weighted by molar-refractivity contribution is -0.384. The van der Waals surface area contributed by atoms with Crippen LogP contribution >= 0.6 is 0 Å². The molecule has 2 rings (SSSR count). The van der Waals surface area contributed by atoms with Crippen LogP contribution in [-0.2, 0) is 6.42 Å². The fourth-order valence-corrected chi connectivity index (χ4v) is 1.69. The van der Waals surface area contributed by atoms with Gasteiger partial charge in [0.05, 0.1) is 4.92 Å². The number of rotatable bonds is 4. The van der Waals surface area contributed by atoms with E-state index in [2.05, 4.69) is 37.6 Å². The van der Waals surface area contributed by atoms with Crippen LogP contribution in [-0.4, -0.2) is 4.92 Å². The summed E-state index contributed by atoms with van der Waals surface area (Å²) in [5.74, 6) is 0. The van der Waals surface area contributed by atoms with E-state index in [1.165, 1.54) is 23.3 Å². The number of hydrogen-bond acceptors (Lipinski definition) is 2. The molecule has 2 aromatic rings. The quantitative estimate of drug-likeness (QED) is 0.604. The monoisotopic (exact) mass is 240 g/mol. The second-order valence-electron chi connectivity index (χ2n) is 4.24. The van der Waals surface area contributed by atoms with Crippen LogP contribution in [0.1, 0.15) is 16.7 Å². The van der Waals surface area contributed by atoms with E-state index in [0.29, 0.717) is 0 Å². The van der Waals surface area contributed by atoms with E-state index >= 15 is 0 Å². The fourth-order valence-electron chi connectivity index (χ4n) is 1.69. The van der Waals surface area contributed by atoms with Crippen LogP contribution in [0.4, 0.5) is 5.69 Å². The predicted octanol–water partition coefficient (Wildman–Crippen LogP) is 3.70. The first-order valence-electron chi connectivity index (χ1n) is 5.78. The molecule has 1 radical (unpaired) electrons. The first kappa shape index (κ1) is 12.3. The molecule has 91 valence electrons. The van der Waals surface area contributed by atoms with E-state index in [1.807, 2.05) is 0 Å². The van der Waals surface area contributed by atoms with Crippen molar-refractivity contribution in [1.29, 1.82) is 0 Å². The van der Waals surface area contributed by atoms with Gasteiger partial charge in [-0.15, -0.1) is 0 Å². The number of nitro groups is 1. The maximum Gasteiger partial charge on any atom is 0.269 e. The standard InChI is InChI=1S/C15H14NO2/c1-12-2-4-13(5-3-12)6-7-14-8-10-15(11-9-14)16(17)18/h2-6,8-11H,7H2,1H3. The first-order chi connectivity index (χ1) is 8.65. The molecule has 0 saturated heterocycles. The third kappa shape index (κ3) is 3.17. The molecule has 0 amide bonds. The van der Waals surface area contributed by atoms with E-state index in [0.717, 1.165) is 12.0 Å². The Hall–Kier alpha value is -2.16. The third-order valence-electron chi connectivity index (χ3n) is 2.80. The Morgan fingerprint density at radius 2 is 1.67 bits per heavy atom. The number of non-ortho nitro benzene ring substituents is 1. The van der Waals surface area contributed by atoms with E-state index in [-0.39, 0.29) is 10.6 Å². The van der Waals surface area contributed by atoms with Crippen molar-refractivity contribution >= 4 is 5.69 Å². The van der Waals surface area contributed by atoms with Crippen molar-refractivity contribution in [2.24, 2.45) is 0 Å². The number of nitrogens with zero attached hydrogens (tertiary/aromatic N) is 1. The fraction of sp³-hybridized carbons (Fsp3) is 0.133. The van der Waals surface area contributed by atoms with E-state index < -0.39 is 0 Å². The van der Waals surface area contributed by atoms with Crippen molar-refractivity contribution in [1.82, 2.24) is 0 Å². The molecule has 18 heavy (non-hydrogen) atoms. The number of benzene rings is 2. The Labute approximate surface area is 106 Å². The average molecular weight is 240 g/mol. The summed E-state index contributed by atoms with van der Waals surface area (Å²) in [5, 5.41) is 10.5. The molecule has 0 aliphatic rings. The molecule has 0 N–H and O–H groups in total. The summed E-state index contributed by atoms with van der Waals surface area (Å²) in [6.07, 6.45) is 2.89. The second-order valence-corrected chi connectivity index (χ2v) is 4.24. The molecular weight excluding hydrogens is 226 g/mol. The lowest BCUT2D eigenvalue weighted by atomic mass is 10.0. The number of hydrogen-bond donors (Lipinski definition) is 0. The highest BCUT2D eigenvalue weighted by molar-refractivity contribution is 5.35. The zero-order chi connectivity index (χ0) is 13.0. The molecule has 0 spiro atoms. The topological polar surface area (TPSA) is 43.1 Å². The van der Waals surface area contributed by atoms with Gasteiger partial charge in [-0.05, 0) is 30.9 Å². The van der Waals surface area contributed by atoms with Gasteiger partial charge in [0, 0.05) is 12.1 Å². The largest absolute Gasteiger partial charge is 0.269 e. The zero-order valence-electron chi connectivity index (χ0n) is 10.2. The van der Waals surface area contributed by atoms with Crippen molar-refractivity contribution in [3.8, 4) is 0 Å². The lowest BCUT2D eigenvalue weighted by Gasteiger charge is -2.02. The molecule has 0 fully saturated rings. The van der Waals surface area contributed by atoms with Crippen LogP contribution in [0.15, 0.2) is 48.5 Å². The van der Waals surface area contributed by atoms with Crippen molar-refractivity contribution in [3.05, 3.63) is 81.8 Å². The van der Waals surface area contributed by atoms with Crippen LogP contribution in [0.2, 0.25) is 0 Å². The highest BCUT2D eigenvalue weighted by atomic mass is 16.6. The first-order valence-corrected chi connectivity index (χ1v) is 5.78. The highest BCUT2D eigenvalue weighted by Crippen LogP contribution is 2.15. The minimum atomic E-state index is -0.381. The highest BCUT2D eigenvalue weighted by Gasteiger charge is 2.03. The molecule has 2 aromatic carbocycles. The Kier molecular flexibility index (Phi) is 3.72. The van der Waals surface area contributed by atoms with E-state index in [1.54, 1.807) is 12.1 Å². The van der Waals surface area contributed by atoms with Crippen LogP contribution in [0.5, 0.6) is 0 Å². The zero-order valence-corrected chi connectivity index (χ0v) is 10.2. The minimum Gasteiger partial charge on any atom is -0.258 e. The molecule has 0 aliphatic heterocycles. The molecule has 0 bridgehead atoms. The summed E-state index contributed by atoms with van der Waals surface area (Å²) in [4.78, 5) is 10.1. The summed E-state index contributed by atoms with van der Waals surface area (Å²) in [5.41, 5.74) is 3.61. The molecule has 0 unspecified atom stereocenters. The molecule has 0 atom stereocenters. The van der Waals surface area contributed by atoms with Crippen molar-refractivity contribution in [2.75, 3.05) is 0 Å². The summed E-state index contributed by atoms with van der Waals surface area (Å²) < 4.78 is 0. The van der Waals surface area contributed by atoms with Gasteiger partial charge in [-0.2, -0.15) is 0 Å². The smallest absolute Gasteiger partial charge is 0.258 e. The Morgan fingerprint density at radius 3 is 2.22 bits per heavy atom. The maximum atomic E-state index is 10.5. The SMILES string of the molecule is Cc1ccc([CH]Cc2ccc([N+](=O)[O-])cc2)cc1. The van der Waals surface area contributed by atoms with Gasteiger partial charge in [-0.1, -0.05) is 42.0 Å². The number of aryl methyl sites for hydroxylation is 1. The summed E-state index contributed by atoms with van der Waals surface area (Å²) in [6, 6.07) is 15.0. The third-order valence-corrected chi connectivity index (χ3v) is 2.80. The Balaban J connectivity index is 1.97. The summed E-state index contributed by atoms with van der Waals surface area (Å²) in [6.45, 7) is 2.06. The van der Waals surface area contributed by atoms with Gasteiger partial charge in [0.2, 0.25) is 0 Å². The molecule has 0 aliphatic carbocycles. The molecule has 3 nitrogen and oxygen atoms in total. The second kappa shape index (κ2) is 5.45. The van der Waals surface area contributed by atoms with Gasteiger partial charge in [0.1, 0.15) is 0 Å².